The van der Waals surface area contributed by atoms with Crippen LogP contribution in [-0.4, -0.2) is 86.0 Å². The second-order valence-corrected chi connectivity index (χ2v) is 6.68. The van der Waals surface area contributed by atoms with E-state index in [9.17, 15) is 9.59 Å². The summed E-state index contributed by atoms with van der Waals surface area (Å²) in [5.74, 6) is -0.399. The molecule has 0 aromatic rings. The number of hydrogen-bond donors (Lipinski definition) is 0. The second kappa shape index (κ2) is 7.92. The van der Waals surface area contributed by atoms with E-state index in [2.05, 4.69) is 16.8 Å². The standard InChI is InChI=1S/C16H29N3O3/c1-17(2)15(20)12-22-16(21)14-6-4-5-9-19(14)13-7-10-18(3)11-8-13/h13-14H,4-12H2,1-3H3. The number of rotatable bonds is 4. The molecule has 0 N–H and O–H groups in total. The number of esters is 1. The molecule has 0 saturated carbocycles. The van der Waals surface area contributed by atoms with Crippen LogP contribution in [0.5, 0.6) is 0 Å². The summed E-state index contributed by atoms with van der Waals surface area (Å²) < 4.78 is 5.26. The summed E-state index contributed by atoms with van der Waals surface area (Å²) in [6.07, 6.45) is 5.27. The van der Waals surface area contributed by atoms with E-state index < -0.39 is 0 Å². The fourth-order valence-corrected chi connectivity index (χ4v) is 3.33. The summed E-state index contributed by atoms with van der Waals surface area (Å²) in [6.45, 7) is 2.99. The molecule has 2 heterocycles. The summed E-state index contributed by atoms with van der Waals surface area (Å²) in [7, 11) is 5.48. The maximum atomic E-state index is 12.4. The van der Waals surface area contributed by atoms with Crippen molar-refractivity contribution in [2.24, 2.45) is 0 Å². The molecule has 0 aromatic carbocycles. The summed E-state index contributed by atoms with van der Waals surface area (Å²) >= 11 is 0. The van der Waals surface area contributed by atoms with Gasteiger partial charge in [0.05, 0.1) is 0 Å². The maximum Gasteiger partial charge on any atom is 0.323 e. The molecule has 126 valence electrons. The molecular formula is C16H29N3O3. The SMILES string of the molecule is CN1CCC(N2CCCCC2C(=O)OCC(=O)N(C)C)CC1. The molecule has 1 amide bonds. The molecule has 22 heavy (non-hydrogen) atoms. The Labute approximate surface area is 133 Å². The Morgan fingerprint density at radius 2 is 1.77 bits per heavy atom. The Morgan fingerprint density at radius 1 is 1.09 bits per heavy atom. The topological polar surface area (TPSA) is 53.1 Å². The molecule has 1 unspecified atom stereocenters. The Hall–Kier alpha value is -1.14. The lowest BCUT2D eigenvalue weighted by Gasteiger charge is -2.43. The molecule has 0 spiro atoms. The number of likely N-dealkylation sites (tertiary alicyclic amines) is 2. The van der Waals surface area contributed by atoms with Crippen molar-refractivity contribution < 1.29 is 14.3 Å². The van der Waals surface area contributed by atoms with E-state index in [-0.39, 0.29) is 24.5 Å². The van der Waals surface area contributed by atoms with E-state index in [1.54, 1.807) is 14.1 Å². The van der Waals surface area contributed by atoms with Crippen LogP contribution in [0.25, 0.3) is 0 Å². The van der Waals surface area contributed by atoms with Crippen LogP contribution < -0.4 is 0 Å². The van der Waals surface area contributed by atoms with E-state index in [4.69, 9.17) is 4.74 Å². The normalized spacial score (nSPS) is 25.0. The van der Waals surface area contributed by atoms with Crippen LogP contribution >= 0.6 is 0 Å². The molecular weight excluding hydrogens is 282 g/mol. The summed E-state index contributed by atoms with van der Waals surface area (Å²) in [5.41, 5.74) is 0. The Morgan fingerprint density at radius 3 is 2.41 bits per heavy atom. The lowest BCUT2D eigenvalue weighted by molar-refractivity contribution is -0.158. The molecule has 2 saturated heterocycles. The minimum atomic E-state index is -0.228. The van der Waals surface area contributed by atoms with Crippen LogP contribution in [0.4, 0.5) is 0 Å². The van der Waals surface area contributed by atoms with Gasteiger partial charge in [-0.05, 0) is 52.4 Å². The van der Waals surface area contributed by atoms with Crippen molar-refractivity contribution in [3.8, 4) is 0 Å². The third-order valence-electron chi connectivity index (χ3n) is 4.81. The quantitative estimate of drug-likeness (QED) is 0.711. The lowest BCUT2D eigenvalue weighted by Crippen LogP contribution is -2.53. The largest absolute Gasteiger partial charge is 0.454 e. The van der Waals surface area contributed by atoms with Gasteiger partial charge in [-0.2, -0.15) is 0 Å². The first-order valence-corrected chi connectivity index (χ1v) is 8.30. The smallest absolute Gasteiger partial charge is 0.323 e. The average Bonchev–Trinajstić information content (AvgIpc) is 2.53. The number of hydrogen-bond acceptors (Lipinski definition) is 5. The van der Waals surface area contributed by atoms with Crippen molar-refractivity contribution in [2.75, 3.05) is 47.4 Å². The highest BCUT2D eigenvalue weighted by atomic mass is 16.5. The highest BCUT2D eigenvalue weighted by Crippen LogP contribution is 2.25. The van der Waals surface area contributed by atoms with Crippen LogP contribution in [0, 0.1) is 0 Å². The van der Waals surface area contributed by atoms with Gasteiger partial charge in [-0.15, -0.1) is 0 Å². The Kier molecular flexibility index (Phi) is 6.20. The highest BCUT2D eigenvalue weighted by molar-refractivity contribution is 5.82. The minimum absolute atomic E-state index is 0.149. The van der Waals surface area contributed by atoms with Gasteiger partial charge < -0.3 is 14.5 Å². The zero-order valence-corrected chi connectivity index (χ0v) is 14.1. The predicted octanol–water partition coefficient (Wildman–Crippen LogP) is 0.567. The molecule has 2 fully saturated rings. The molecule has 2 rings (SSSR count). The van der Waals surface area contributed by atoms with Crippen LogP contribution in [0.1, 0.15) is 32.1 Å². The van der Waals surface area contributed by atoms with Crippen LogP contribution in [0.2, 0.25) is 0 Å². The van der Waals surface area contributed by atoms with E-state index in [0.717, 1.165) is 51.7 Å². The summed E-state index contributed by atoms with van der Waals surface area (Å²) in [4.78, 5) is 30.1. The van der Waals surface area contributed by atoms with Crippen LogP contribution in [0.3, 0.4) is 0 Å². The first-order valence-electron chi connectivity index (χ1n) is 8.30. The highest BCUT2D eigenvalue weighted by Gasteiger charge is 2.35. The number of piperidine rings is 2. The van der Waals surface area contributed by atoms with Crippen LogP contribution in [0.15, 0.2) is 0 Å². The molecule has 1 atom stereocenters. The third kappa shape index (κ3) is 4.43. The molecule has 2 aliphatic heterocycles. The number of likely N-dealkylation sites (N-methyl/N-ethyl adjacent to an activating group) is 1. The number of carbonyl (C=O) groups is 2. The number of nitrogens with zero attached hydrogens (tertiary/aromatic N) is 3. The fourth-order valence-electron chi connectivity index (χ4n) is 3.33. The van der Waals surface area contributed by atoms with Crippen molar-refractivity contribution in [1.29, 1.82) is 0 Å². The number of amides is 1. The van der Waals surface area contributed by atoms with Crippen molar-refractivity contribution >= 4 is 11.9 Å². The molecule has 0 aliphatic carbocycles. The van der Waals surface area contributed by atoms with E-state index >= 15 is 0 Å². The monoisotopic (exact) mass is 311 g/mol. The predicted molar refractivity (Wildman–Crippen MR) is 84.5 cm³/mol. The van der Waals surface area contributed by atoms with Crippen molar-refractivity contribution in [3.05, 3.63) is 0 Å². The van der Waals surface area contributed by atoms with E-state index in [1.807, 2.05) is 0 Å². The third-order valence-corrected chi connectivity index (χ3v) is 4.81. The van der Waals surface area contributed by atoms with Crippen molar-refractivity contribution in [3.63, 3.8) is 0 Å². The van der Waals surface area contributed by atoms with Gasteiger partial charge in [-0.1, -0.05) is 6.42 Å². The molecule has 6 heteroatoms. The van der Waals surface area contributed by atoms with Gasteiger partial charge >= 0.3 is 5.97 Å². The second-order valence-electron chi connectivity index (χ2n) is 6.68. The maximum absolute atomic E-state index is 12.4. The van der Waals surface area contributed by atoms with Gasteiger partial charge in [-0.3, -0.25) is 14.5 Å². The van der Waals surface area contributed by atoms with Crippen molar-refractivity contribution in [2.45, 2.75) is 44.2 Å². The van der Waals surface area contributed by atoms with Gasteiger partial charge in [0.1, 0.15) is 6.04 Å². The molecule has 0 bridgehead atoms. The Balaban J connectivity index is 1.91. The van der Waals surface area contributed by atoms with Gasteiger partial charge in [0.25, 0.3) is 5.91 Å². The summed E-state index contributed by atoms with van der Waals surface area (Å²) in [5, 5.41) is 0. The number of ether oxygens (including phenoxy) is 1. The van der Waals surface area contributed by atoms with Gasteiger partial charge in [0, 0.05) is 20.1 Å². The average molecular weight is 311 g/mol. The first kappa shape index (κ1) is 17.2. The Bertz CT molecular complexity index is 392. The molecule has 2 aliphatic rings. The molecule has 0 radical (unpaired) electrons. The molecule has 6 nitrogen and oxygen atoms in total. The van der Waals surface area contributed by atoms with Gasteiger partial charge in [-0.25, -0.2) is 0 Å². The van der Waals surface area contributed by atoms with E-state index in [0.29, 0.717) is 6.04 Å². The summed E-state index contributed by atoms with van der Waals surface area (Å²) in [6, 6.07) is 0.302. The van der Waals surface area contributed by atoms with E-state index in [1.165, 1.54) is 4.90 Å². The lowest BCUT2D eigenvalue weighted by atomic mass is 9.95. The zero-order chi connectivity index (χ0) is 16.1. The minimum Gasteiger partial charge on any atom is -0.454 e. The zero-order valence-electron chi connectivity index (χ0n) is 14.1. The van der Waals surface area contributed by atoms with Crippen molar-refractivity contribution in [1.82, 2.24) is 14.7 Å². The number of carbonyl (C=O) groups excluding carboxylic acids is 2. The fraction of sp³-hybridized carbons (Fsp3) is 0.875. The van der Waals surface area contributed by atoms with Gasteiger partial charge in [0.2, 0.25) is 0 Å². The molecule has 0 aromatic heterocycles. The van der Waals surface area contributed by atoms with Gasteiger partial charge in [0.15, 0.2) is 6.61 Å². The van der Waals surface area contributed by atoms with Crippen LogP contribution in [-0.2, 0) is 14.3 Å². The first-order chi connectivity index (χ1) is 10.5.